The van der Waals surface area contributed by atoms with E-state index in [1.54, 1.807) is 0 Å². The predicted molar refractivity (Wildman–Crippen MR) is 143 cm³/mol. The Bertz CT molecular complexity index is 1390. The average Bonchev–Trinajstić information content (AvgIpc) is 3.27. The first-order valence-corrected chi connectivity index (χ1v) is 13.0. The molecule has 6 nitrogen and oxygen atoms in total. The number of carbonyl (C=O) groups excluding carboxylic acids is 1. The van der Waals surface area contributed by atoms with Gasteiger partial charge in [0.25, 0.3) is 0 Å². The molecule has 1 aliphatic carbocycles. The minimum Gasteiger partial charge on any atom is -0.487 e. The zero-order valence-corrected chi connectivity index (χ0v) is 22.6. The molecule has 1 aliphatic rings. The molecule has 1 unspecified atom stereocenters. The van der Waals surface area contributed by atoms with Crippen LogP contribution in [0.4, 0.5) is 0 Å². The summed E-state index contributed by atoms with van der Waals surface area (Å²) in [5, 5.41) is 0. The Morgan fingerprint density at radius 2 is 1.89 bits per heavy atom. The molecule has 2 heterocycles. The number of nitrogens with zero attached hydrogens (tertiary/aromatic N) is 3. The van der Waals surface area contributed by atoms with Gasteiger partial charge >= 0.3 is 5.97 Å². The van der Waals surface area contributed by atoms with Gasteiger partial charge in [0.05, 0.1) is 29.3 Å². The van der Waals surface area contributed by atoms with Crippen molar-refractivity contribution >= 4 is 32.9 Å². The molecule has 0 N–H and O–H groups in total. The zero-order valence-electron chi connectivity index (χ0n) is 21.0. The highest BCUT2D eigenvalue weighted by Crippen LogP contribution is 2.64. The number of aromatic nitrogens is 3. The molecule has 0 bridgehead atoms. The first kappa shape index (κ1) is 24.5. The lowest BCUT2D eigenvalue weighted by atomic mass is 10.1. The highest BCUT2D eigenvalue weighted by atomic mass is 79.9. The fourth-order valence-corrected chi connectivity index (χ4v) is 5.18. The number of halogens is 1. The van der Waals surface area contributed by atoms with Gasteiger partial charge in [-0.3, -0.25) is 9.78 Å². The first-order chi connectivity index (χ1) is 17.3. The first-order valence-electron chi connectivity index (χ1n) is 12.2. The van der Waals surface area contributed by atoms with E-state index in [4.69, 9.17) is 14.5 Å². The summed E-state index contributed by atoms with van der Waals surface area (Å²) >= 11 is 3.52. The Morgan fingerprint density at radius 3 is 2.58 bits per heavy atom. The van der Waals surface area contributed by atoms with Crippen molar-refractivity contribution in [2.45, 2.75) is 46.8 Å². The minimum absolute atomic E-state index is 0.0134. The van der Waals surface area contributed by atoms with Crippen LogP contribution in [0.5, 0.6) is 5.75 Å². The Labute approximate surface area is 219 Å². The van der Waals surface area contributed by atoms with Crippen LogP contribution in [0.2, 0.25) is 0 Å². The number of aryl methyl sites for hydroxylation is 1. The fraction of sp³-hybridized carbons (Fsp3) is 0.345. The molecule has 2 aromatic heterocycles. The third-order valence-corrected chi connectivity index (χ3v) is 7.54. The number of esters is 1. The van der Waals surface area contributed by atoms with Gasteiger partial charge in [-0.25, -0.2) is 4.98 Å². The van der Waals surface area contributed by atoms with Crippen LogP contribution in [0.25, 0.3) is 11.0 Å². The van der Waals surface area contributed by atoms with Crippen LogP contribution < -0.4 is 4.74 Å². The third kappa shape index (κ3) is 4.76. The summed E-state index contributed by atoms with van der Waals surface area (Å²) < 4.78 is 14.7. The van der Waals surface area contributed by atoms with Gasteiger partial charge in [-0.05, 0) is 60.7 Å². The van der Waals surface area contributed by atoms with E-state index in [0.29, 0.717) is 19.8 Å². The van der Waals surface area contributed by atoms with Crippen LogP contribution in [-0.4, -0.2) is 27.1 Å². The summed E-state index contributed by atoms with van der Waals surface area (Å²) in [5.74, 6) is 1.30. The average molecular weight is 548 g/mol. The van der Waals surface area contributed by atoms with E-state index in [0.717, 1.165) is 43.9 Å². The molecule has 0 amide bonds. The van der Waals surface area contributed by atoms with Gasteiger partial charge in [0, 0.05) is 29.2 Å². The molecule has 0 aliphatic heterocycles. The lowest BCUT2D eigenvalue weighted by Gasteiger charge is -2.12. The molecule has 1 fully saturated rings. The van der Waals surface area contributed by atoms with Crippen LogP contribution in [0.1, 0.15) is 49.3 Å². The number of rotatable bonds is 8. The normalized spacial score (nSPS) is 18.2. The Hall–Kier alpha value is -3.19. The number of fused-ring (bicyclic) bond motifs is 1. The van der Waals surface area contributed by atoms with Crippen LogP contribution in [0.3, 0.4) is 0 Å². The maximum absolute atomic E-state index is 12.7. The van der Waals surface area contributed by atoms with E-state index in [2.05, 4.69) is 51.5 Å². The number of hydrogen-bond acceptors (Lipinski definition) is 5. The molecule has 36 heavy (non-hydrogen) atoms. The van der Waals surface area contributed by atoms with E-state index in [9.17, 15) is 4.79 Å². The van der Waals surface area contributed by atoms with Gasteiger partial charge in [0.1, 0.15) is 18.2 Å². The second-order valence-electron chi connectivity index (χ2n) is 9.98. The van der Waals surface area contributed by atoms with Crippen LogP contribution in [-0.2, 0) is 22.7 Å². The van der Waals surface area contributed by atoms with E-state index in [1.165, 1.54) is 0 Å². The maximum atomic E-state index is 12.7. The summed E-state index contributed by atoms with van der Waals surface area (Å²) in [6, 6.07) is 18.3. The van der Waals surface area contributed by atoms with Crippen molar-refractivity contribution in [1.82, 2.24) is 14.5 Å². The van der Waals surface area contributed by atoms with E-state index < -0.39 is 0 Å². The zero-order chi connectivity index (χ0) is 25.4. The lowest BCUT2D eigenvalue weighted by molar-refractivity contribution is -0.145. The summed E-state index contributed by atoms with van der Waals surface area (Å²) in [7, 11) is 0. The summed E-state index contributed by atoms with van der Waals surface area (Å²) in [6.07, 6.45) is 1.85. The molecular formula is C29H30BrN3O3. The van der Waals surface area contributed by atoms with Gasteiger partial charge in [-0.15, -0.1) is 0 Å². The third-order valence-electron chi connectivity index (χ3n) is 7.01. The van der Waals surface area contributed by atoms with Crippen molar-refractivity contribution in [2.75, 3.05) is 6.61 Å². The van der Waals surface area contributed by atoms with Crippen LogP contribution in [0, 0.1) is 18.3 Å². The topological polar surface area (TPSA) is 66.2 Å². The van der Waals surface area contributed by atoms with Gasteiger partial charge in [0.15, 0.2) is 0 Å². The highest BCUT2D eigenvalue weighted by Gasteiger charge is 2.65. The number of imidazole rings is 1. The molecule has 4 aromatic rings. The molecule has 2 aromatic carbocycles. The van der Waals surface area contributed by atoms with Crippen molar-refractivity contribution < 1.29 is 14.3 Å². The highest BCUT2D eigenvalue weighted by molar-refractivity contribution is 9.10. The molecule has 0 saturated heterocycles. The Kier molecular flexibility index (Phi) is 6.60. The van der Waals surface area contributed by atoms with Gasteiger partial charge in [0.2, 0.25) is 0 Å². The van der Waals surface area contributed by atoms with Crippen molar-refractivity contribution in [3.8, 4) is 5.75 Å². The molecule has 5 rings (SSSR count). The molecule has 2 atom stereocenters. The summed E-state index contributed by atoms with van der Waals surface area (Å²) in [4.78, 5) is 22.2. The maximum Gasteiger partial charge on any atom is 0.310 e. The van der Waals surface area contributed by atoms with Gasteiger partial charge < -0.3 is 14.0 Å². The van der Waals surface area contributed by atoms with E-state index in [1.807, 2.05) is 62.5 Å². The van der Waals surface area contributed by atoms with Crippen LogP contribution >= 0.6 is 15.9 Å². The quantitative estimate of drug-likeness (QED) is 0.238. The van der Waals surface area contributed by atoms with E-state index in [-0.39, 0.29) is 23.2 Å². The number of pyridine rings is 1. The van der Waals surface area contributed by atoms with Gasteiger partial charge in [-0.2, -0.15) is 0 Å². The largest absolute Gasteiger partial charge is 0.487 e. The van der Waals surface area contributed by atoms with Crippen molar-refractivity contribution in [1.29, 1.82) is 0 Å². The Balaban J connectivity index is 1.51. The van der Waals surface area contributed by atoms with Crippen molar-refractivity contribution in [2.24, 2.45) is 11.3 Å². The molecule has 0 radical (unpaired) electrons. The standard InChI is InChI=1S/C29H30BrN3O3/c1-5-35-28(34)26-25(29(26,3)4)27-32-23-13-12-22(36-17-21-11-6-18(2)15-31-21)14-24(23)33(27)16-19-7-9-20(30)10-8-19/h6-15,25-26H,5,16-17H2,1-4H3/t25?,26-/m1/s1. The van der Waals surface area contributed by atoms with Crippen LogP contribution in [0.15, 0.2) is 65.3 Å². The molecule has 0 spiro atoms. The van der Waals surface area contributed by atoms with E-state index >= 15 is 0 Å². The predicted octanol–water partition coefficient (Wildman–Crippen LogP) is 6.43. The number of carbonyl (C=O) groups is 1. The van der Waals surface area contributed by atoms with Gasteiger partial charge in [-0.1, -0.05) is 48.0 Å². The monoisotopic (exact) mass is 547 g/mol. The second-order valence-corrected chi connectivity index (χ2v) is 10.9. The summed E-state index contributed by atoms with van der Waals surface area (Å²) in [6.45, 7) is 9.51. The molecule has 186 valence electrons. The smallest absolute Gasteiger partial charge is 0.310 e. The fourth-order valence-electron chi connectivity index (χ4n) is 4.92. The van der Waals surface area contributed by atoms with Crippen molar-refractivity contribution in [3.63, 3.8) is 0 Å². The molecule has 1 saturated carbocycles. The molecular weight excluding hydrogens is 518 g/mol. The number of benzene rings is 2. The SMILES string of the molecule is CCOC(=O)[C@H]1C(c2nc3ccc(OCc4ccc(C)cn4)cc3n2Cc2ccc(Br)cc2)C1(C)C. The lowest BCUT2D eigenvalue weighted by Crippen LogP contribution is -2.11. The number of hydrogen-bond donors (Lipinski definition) is 0. The second kappa shape index (κ2) is 9.69. The number of ether oxygens (including phenoxy) is 2. The Morgan fingerprint density at radius 1 is 1.11 bits per heavy atom. The molecule has 7 heteroatoms. The minimum atomic E-state index is -0.221. The summed E-state index contributed by atoms with van der Waals surface area (Å²) in [5.41, 5.74) is 4.79. The van der Waals surface area contributed by atoms with Crippen molar-refractivity contribution in [3.05, 3.63) is 87.9 Å².